The SMILES string of the molecule is CCOC(=O)CC1CSC(N/N=C(\C)c2ccccc2)=N1. The van der Waals surface area contributed by atoms with E-state index >= 15 is 0 Å². The second-order valence-corrected chi connectivity index (χ2v) is 5.59. The van der Waals surface area contributed by atoms with Gasteiger partial charge in [-0.25, -0.2) is 0 Å². The zero-order valence-electron chi connectivity index (χ0n) is 12.2. The van der Waals surface area contributed by atoms with Crippen molar-refractivity contribution in [2.45, 2.75) is 26.3 Å². The Morgan fingerprint density at radius 2 is 2.24 bits per heavy atom. The van der Waals surface area contributed by atoms with Crippen LogP contribution in [0.3, 0.4) is 0 Å². The molecular formula is C15H19N3O2S. The molecule has 6 heteroatoms. The second kappa shape index (κ2) is 7.83. The standard InChI is InChI=1S/C15H19N3O2S/c1-3-20-14(19)9-13-10-21-15(16-13)18-17-11(2)12-7-5-4-6-8-12/h4-8,13H,3,9-10H2,1-2H3,(H,16,18)/b17-11+. The molecule has 1 aromatic carbocycles. The van der Waals surface area contributed by atoms with Gasteiger partial charge in [0.15, 0.2) is 5.17 Å². The Balaban J connectivity index is 1.88. The predicted octanol–water partition coefficient (Wildman–Crippen LogP) is 2.42. The average Bonchev–Trinajstić information content (AvgIpc) is 2.93. The highest BCUT2D eigenvalue weighted by atomic mass is 32.2. The fraction of sp³-hybridized carbons (Fsp3) is 0.400. The maximum absolute atomic E-state index is 11.4. The van der Waals surface area contributed by atoms with E-state index in [4.69, 9.17) is 4.74 Å². The summed E-state index contributed by atoms with van der Waals surface area (Å²) in [5.74, 6) is 0.582. The van der Waals surface area contributed by atoms with E-state index in [1.165, 1.54) is 0 Å². The summed E-state index contributed by atoms with van der Waals surface area (Å²) in [4.78, 5) is 15.8. The minimum atomic E-state index is -0.197. The molecule has 0 aliphatic carbocycles. The fourth-order valence-electron chi connectivity index (χ4n) is 1.87. The summed E-state index contributed by atoms with van der Waals surface area (Å²) in [6.07, 6.45) is 0.327. The number of benzene rings is 1. The number of aliphatic imine (C=N–C) groups is 1. The summed E-state index contributed by atoms with van der Waals surface area (Å²) in [5.41, 5.74) is 4.93. The highest BCUT2D eigenvalue weighted by Crippen LogP contribution is 2.19. The lowest BCUT2D eigenvalue weighted by atomic mass is 10.1. The number of nitrogens with zero attached hydrogens (tertiary/aromatic N) is 2. The fourth-order valence-corrected chi connectivity index (χ4v) is 2.75. The first-order chi connectivity index (χ1) is 10.2. The first-order valence-electron chi connectivity index (χ1n) is 6.91. The molecule has 0 spiro atoms. The van der Waals surface area contributed by atoms with Gasteiger partial charge in [0.25, 0.3) is 0 Å². The topological polar surface area (TPSA) is 63.0 Å². The molecule has 112 valence electrons. The van der Waals surface area contributed by atoms with Crippen LogP contribution in [0, 0.1) is 0 Å². The Hall–Kier alpha value is -1.82. The molecule has 0 fully saturated rings. The van der Waals surface area contributed by atoms with Crippen molar-refractivity contribution in [2.24, 2.45) is 10.1 Å². The Bertz CT molecular complexity index is 543. The van der Waals surface area contributed by atoms with E-state index in [-0.39, 0.29) is 12.0 Å². The van der Waals surface area contributed by atoms with Gasteiger partial charge < -0.3 is 4.74 Å². The number of carbonyl (C=O) groups excluding carboxylic acids is 1. The first-order valence-corrected chi connectivity index (χ1v) is 7.89. The van der Waals surface area contributed by atoms with Crippen LogP contribution in [-0.2, 0) is 9.53 Å². The van der Waals surface area contributed by atoms with E-state index in [1.807, 2.05) is 37.3 Å². The molecule has 1 heterocycles. The Morgan fingerprint density at radius 3 is 2.95 bits per heavy atom. The monoisotopic (exact) mass is 305 g/mol. The van der Waals surface area contributed by atoms with Crippen molar-refractivity contribution in [3.05, 3.63) is 35.9 Å². The van der Waals surface area contributed by atoms with Crippen molar-refractivity contribution in [1.82, 2.24) is 5.43 Å². The van der Waals surface area contributed by atoms with Gasteiger partial charge in [0, 0.05) is 5.75 Å². The van der Waals surface area contributed by atoms with Crippen LogP contribution in [0.25, 0.3) is 0 Å². The van der Waals surface area contributed by atoms with Crippen LogP contribution in [0.4, 0.5) is 0 Å². The van der Waals surface area contributed by atoms with Gasteiger partial charge in [-0.1, -0.05) is 42.1 Å². The molecule has 0 saturated carbocycles. The number of hydrazone groups is 1. The van der Waals surface area contributed by atoms with Gasteiger partial charge in [-0.3, -0.25) is 15.2 Å². The maximum atomic E-state index is 11.4. The molecule has 1 atom stereocenters. The highest BCUT2D eigenvalue weighted by Gasteiger charge is 2.21. The van der Waals surface area contributed by atoms with E-state index in [9.17, 15) is 4.79 Å². The molecule has 1 aromatic rings. The van der Waals surface area contributed by atoms with Crippen LogP contribution in [-0.4, -0.2) is 35.3 Å². The number of thioether (sulfide) groups is 1. The van der Waals surface area contributed by atoms with E-state index in [0.29, 0.717) is 13.0 Å². The quantitative estimate of drug-likeness (QED) is 0.515. The number of esters is 1. The smallest absolute Gasteiger partial charge is 0.307 e. The van der Waals surface area contributed by atoms with Gasteiger partial charge in [0.1, 0.15) is 0 Å². The largest absolute Gasteiger partial charge is 0.466 e. The van der Waals surface area contributed by atoms with Crippen molar-refractivity contribution in [1.29, 1.82) is 0 Å². The second-order valence-electron chi connectivity index (χ2n) is 4.58. The summed E-state index contributed by atoms with van der Waals surface area (Å²) < 4.78 is 4.93. The minimum absolute atomic E-state index is 0.0243. The molecular weight excluding hydrogens is 286 g/mol. The summed E-state index contributed by atoms with van der Waals surface area (Å²) in [5, 5.41) is 5.07. The van der Waals surface area contributed by atoms with Gasteiger partial charge >= 0.3 is 5.97 Å². The molecule has 5 nitrogen and oxygen atoms in total. The number of ether oxygens (including phenoxy) is 1. The Kier molecular flexibility index (Phi) is 5.80. The first kappa shape index (κ1) is 15.6. The molecule has 1 N–H and O–H groups in total. The van der Waals surface area contributed by atoms with Crippen molar-refractivity contribution < 1.29 is 9.53 Å². The summed E-state index contributed by atoms with van der Waals surface area (Å²) >= 11 is 1.57. The van der Waals surface area contributed by atoms with Crippen molar-refractivity contribution in [2.75, 3.05) is 12.4 Å². The Labute approximate surface area is 128 Å². The van der Waals surface area contributed by atoms with Crippen LogP contribution >= 0.6 is 11.8 Å². The summed E-state index contributed by atoms with van der Waals surface area (Å²) in [6.45, 7) is 4.16. The molecule has 1 aliphatic heterocycles. The molecule has 0 radical (unpaired) electrons. The molecule has 1 aliphatic rings. The van der Waals surface area contributed by atoms with E-state index in [1.54, 1.807) is 18.7 Å². The van der Waals surface area contributed by atoms with Gasteiger partial charge in [-0.05, 0) is 19.4 Å². The van der Waals surface area contributed by atoms with Gasteiger partial charge in [-0.15, -0.1) is 0 Å². The number of rotatable bonds is 5. The average molecular weight is 305 g/mol. The van der Waals surface area contributed by atoms with Crippen LogP contribution in [0.1, 0.15) is 25.8 Å². The van der Waals surface area contributed by atoms with Gasteiger partial charge in [0.05, 0.1) is 24.8 Å². The third kappa shape index (κ3) is 4.90. The summed E-state index contributed by atoms with van der Waals surface area (Å²) in [6, 6.07) is 9.92. The Morgan fingerprint density at radius 1 is 1.48 bits per heavy atom. The normalized spacial score (nSPS) is 18.3. The third-order valence-corrected chi connectivity index (χ3v) is 3.95. The zero-order valence-corrected chi connectivity index (χ0v) is 13.0. The lowest BCUT2D eigenvalue weighted by molar-refractivity contribution is -0.143. The molecule has 0 aromatic heterocycles. The van der Waals surface area contributed by atoms with Crippen molar-refractivity contribution >= 4 is 28.6 Å². The van der Waals surface area contributed by atoms with Crippen molar-refractivity contribution in [3.63, 3.8) is 0 Å². The molecule has 21 heavy (non-hydrogen) atoms. The van der Waals surface area contributed by atoms with E-state index in [0.717, 1.165) is 22.2 Å². The van der Waals surface area contributed by atoms with Crippen LogP contribution in [0.2, 0.25) is 0 Å². The van der Waals surface area contributed by atoms with E-state index < -0.39 is 0 Å². The van der Waals surface area contributed by atoms with Crippen LogP contribution < -0.4 is 5.43 Å². The minimum Gasteiger partial charge on any atom is -0.466 e. The number of carbonyl (C=O) groups is 1. The predicted molar refractivity (Wildman–Crippen MR) is 86.7 cm³/mol. The zero-order chi connectivity index (χ0) is 15.1. The van der Waals surface area contributed by atoms with E-state index in [2.05, 4.69) is 15.5 Å². The maximum Gasteiger partial charge on any atom is 0.307 e. The number of amidine groups is 1. The summed E-state index contributed by atoms with van der Waals surface area (Å²) in [7, 11) is 0. The van der Waals surface area contributed by atoms with Crippen LogP contribution in [0.5, 0.6) is 0 Å². The molecule has 0 saturated heterocycles. The molecule has 1 unspecified atom stereocenters. The van der Waals surface area contributed by atoms with Gasteiger partial charge in [-0.2, -0.15) is 5.10 Å². The molecule has 2 rings (SSSR count). The number of hydrogen-bond acceptors (Lipinski definition) is 6. The van der Waals surface area contributed by atoms with Crippen molar-refractivity contribution in [3.8, 4) is 0 Å². The molecule has 0 amide bonds. The number of hydrogen-bond donors (Lipinski definition) is 1. The third-order valence-electron chi connectivity index (χ3n) is 2.93. The molecule has 0 bridgehead atoms. The highest BCUT2D eigenvalue weighted by molar-refractivity contribution is 8.14. The van der Waals surface area contributed by atoms with Gasteiger partial charge in [0.2, 0.25) is 0 Å². The van der Waals surface area contributed by atoms with Crippen LogP contribution in [0.15, 0.2) is 40.4 Å². The number of nitrogens with one attached hydrogen (secondary N) is 1. The lowest BCUT2D eigenvalue weighted by Gasteiger charge is -2.04. The lowest BCUT2D eigenvalue weighted by Crippen LogP contribution is -2.16.